The fourth-order valence-electron chi connectivity index (χ4n) is 2.14. The summed E-state index contributed by atoms with van der Waals surface area (Å²) < 4.78 is 38.5. The molecule has 0 spiro atoms. The molecule has 0 amide bonds. The van der Waals surface area contributed by atoms with Crippen LogP contribution in [0.1, 0.15) is 32.6 Å². The first-order chi connectivity index (χ1) is 9.75. The summed E-state index contributed by atoms with van der Waals surface area (Å²) in [6.45, 7) is 1.89. The molecule has 0 unspecified atom stereocenters. The van der Waals surface area contributed by atoms with Crippen LogP contribution in [0.2, 0.25) is 0 Å². The molecule has 21 heavy (non-hydrogen) atoms. The Balaban J connectivity index is 2.43. The minimum Gasteiger partial charge on any atom is -0.478 e. The molecule has 1 N–H and O–H groups in total. The first-order valence-electron chi connectivity index (χ1n) is 6.26. The third kappa shape index (κ3) is 3.84. The summed E-state index contributed by atoms with van der Waals surface area (Å²) in [5.74, 6) is -1.37. The van der Waals surface area contributed by atoms with E-state index in [4.69, 9.17) is 5.11 Å². The zero-order valence-electron chi connectivity index (χ0n) is 11.2. The Kier molecular flexibility index (Phi) is 4.02. The normalized spacial score (nSPS) is 11.4. The molecular formula is C16H13F3O2. The summed E-state index contributed by atoms with van der Waals surface area (Å²) >= 11 is 0. The number of halogens is 3. The second-order valence-electron chi connectivity index (χ2n) is 4.89. The maximum atomic E-state index is 12.8. The van der Waals surface area contributed by atoms with E-state index >= 15 is 0 Å². The molecule has 0 radical (unpaired) electrons. The van der Waals surface area contributed by atoms with Crippen LogP contribution in [-0.4, -0.2) is 11.1 Å². The van der Waals surface area contributed by atoms with Gasteiger partial charge in [0.05, 0.1) is 11.1 Å². The summed E-state index contributed by atoms with van der Waals surface area (Å²) in [6, 6.07) is 10.3. The number of benzene rings is 2. The number of hydrogen-bond acceptors (Lipinski definition) is 1. The van der Waals surface area contributed by atoms with Gasteiger partial charge in [-0.15, -0.1) is 0 Å². The van der Waals surface area contributed by atoms with E-state index in [-0.39, 0.29) is 12.0 Å². The Labute approximate surface area is 119 Å². The standard InChI is InChI=1S/C16H13F3O2/c1-10-3-2-4-11(5-10)6-12-7-13(15(20)21)9-14(8-12)16(17,18)19/h2-5,7-9H,6H2,1H3,(H,20,21). The SMILES string of the molecule is Cc1cccc(Cc2cc(C(=O)O)cc(C(F)(F)F)c2)c1. The van der Waals surface area contributed by atoms with Gasteiger partial charge in [-0.05, 0) is 42.7 Å². The molecule has 0 saturated heterocycles. The Morgan fingerprint density at radius 3 is 2.38 bits per heavy atom. The molecule has 0 saturated carbocycles. The number of hydrogen-bond donors (Lipinski definition) is 1. The zero-order valence-corrected chi connectivity index (χ0v) is 11.2. The van der Waals surface area contributed by atoms with Gasteiger partial charge >= 0.3 is 12.1 Å². The highest BCUT2D eigenvalue weighted by molar-refractivity contribution is 5.88. The van der Waals surface area contributed by atoms with Gasteiger partial charge in [0, 0.05) is 0 Å². The van der Waals surface area contributed by atoms with E-state index in [1.807, 2.05) is 25.1 Å². The highest BCUT2D eigenvalue weighted by Crippen LogP contribution is 2.31. The molecule has 0 bridgehead atoms. The first-order valence-corrected chi connectivity index (χ1v) is 6.26. The zero-order chi connectivity index (χ0) is 15.6. The molecule has 0 aliphatic heterocycles. The molecule has 110 valence electrons. The summed E-state index contributed by atoms with van der Waals surface area (Å²) in [5, 5.41) is 8.94. The molecule has 2 aromatic rings. The predicted octanol–water partition coefficient (Wildman–Crippen LogP) is 4.30. The minimum absolute atomic E-state index is 0.256. The average molecular weight is 294 g/mol. The Bertz CT molecular complexity index is 675. The van der Waals surface area contributed by atoms with Crippen molar-refractivity contribution in [2.24, 2.45) is 0 Å². The van der Waals surface area contributed by atoms with Crippen LogP contribution in [0.3, 0.4) is 0 Å². The van der Waals surface area contributed by atoms with Crippen LogP contribution >= 0.6 is 0 Å². The second-order valence-corrected chi connectivity index (χ2v) is 4.89. The van der Waals surface area contributed by atoms with Gasteiger partial charge < -0.3 is 5.11 Å². The van der Waals surface area contributed by atoms with Gasteiger partial charge in [-0.1, -0.05) is 29.8 Å². The maximum Gasteiger partial charge on any atom is 0.416 e. The fraction of sp³-hybridized carbons (Fsp3) is 0.188. The van der Waals surface area contributed by atoms with E-state index in [2.05, 4.69) is 0 Å². The molecule has 2 nitrogen and oxygen atoms in total. The number of carboxylic acids is 1. The van der Waals surface area contributed by atoms with Crippen molar-refractivity contribution in [3.8, 4) is 0 Å². The Morgan fingerprint density at radius 1 is 1.10 bits per heavy atom. The van der Waals surface area contributed by atoms with E-state index in [9.17, 15) is 18.0 Å². The molecule has 0 fully saturated rings. The number of alkyl halides is 3. The van der Waals surface area contributed by atoms with E-state index in [0.29, 0.717) is 11.6 Å². The van der Waals surface area contributed by atoms with Crippen molar-refractivity contribution in [1.82, 2.24) is 0 Å². The molecule has 0 aliphatic carbocycles. The number of rotatable bonds is 3. The topological polar surface area (TPSA) is 37.3 Å². The van der Waals surface area contributed by atoms with Crippen molar-refractivity contribution in [2.75, 3.05) is 0 Å². The lowest BCUT2D eigenvalue weighted by Gasteiger charge is -2.11. The number of aryl methyl sites for hydroxylation is 1. The lowest BCUT2D eigenvalue weighted by atomic mass is 9.98. The molecule has 0 atom stereocenters. The van der Waals surface area contributed by atoms with Crippen molar-refractivity contribution in [1.29, 1.82) is 0 Å². The van der Waals surface area contributed by atoms with Crippen LogP contribution in [0.25, 0.3) is 0 Å². The van der Waals surface area contributed by atoms with E-state index in [1.165, 1.54) is 6.07 Å². The molecular weight excluding hydrogens is 281 g/mol. The predicted molar refractivity (Wildman–Crippen MR) is 72.4 cm³/mol. The van der Waals surface area contributed by atoms with Gasteiger partial charge in [-0.25, -0.2) is 4.79 Å². The number of carbonyl (C=O) groups is 1. The summed E-state index contributed by atoms with van der Waals surface area (Å²) in [7, 11) is 0. The molecule has 0 heterocycles. The van der Waals surface area contributed by atoms with Crippen LogP contribution in [0.15, 0.2) is 42.5 Å². The molecule has 0 aliphatic rings. The van der Waals surface area contributed by atoms with Gasteiger partial charge in [0.25, 0.3) is 0 Å². The van der Waals surface area contributed by atoms with Crippen LogP contribution in [0.4, 0.5) is 13.2 Å². The van der Waals surface area contributed by atoms with Crippen molar-refractivity contribution < 1.29 is 23.1 Å². The van der Waals surface area contributed by atoms with E-state index in [1.54, 1.807) is 6.07 Å². The largest absolute Gasteiger partial charge is 0.478 e. The molecule has 0 aromatic heterocycles. The molecule has 2 aromatic carbocycles. The van der Waals surface area contributed by atoms with Gasteiger partial charge in [-0.3, -0.25) is 0 Å². The third-order valence-electron chi connectivity index (χ3n) is 3.06. The van der Waals surface area contributed by atoms with Crippen molar-refractivity contribution >= 4 is 5.97 Å². The van der Waals surface area contributed by atoms with Crippen molar-refractivity contribution in [3.05, 3.63) is 70.3 Å². The third-order valence-corrected chi connectivity index (χ3v) is 3.06. The van der Waals surface area contributed by atoms with Gasteiger partial charge in [-0.2, -0.15) is 13.2 Å². The smallest absolute Gasteiger partial charge is 0.416 e. The van der Waals surface area contributed by atoms with E-state index in [0.717, 1.165) is 17.2 Å². The first kappa shape index (κ1) is 15.1. The Hall–Kier alpha value is -2.30. The fourth-order valence-corrected chi connectivity index (χ4v) is 2.14. The van der Waals surface area contributed by atoms with Crippen LogP contribution < -0.4 is 0 Å². The number of carboxylic acid groups (broad SMARTS) is 1. The van der Waals surface area contributed by atoms with Gasteiger partial charge in [0.15, 0.2) is 0 Å². The van der Waals surface area contributed by atoms with Crippen LogP contribution in [0.5, 0.6) is 0 Å². The quantitative estimate of drug-likeness (QED) is 0.916. The molecule has 2 rings (SSSR count). The molecule has 5 heteroatoms. The van der Waals surface area contributed by atoms with E-state index < -0.39 is 17.7 Å². The summed E-state index contributed by atoms with van der Waals surface area (Å²) in [5.41, 5.74) is 0.869. The summed E-state index contributed by atoms with van der Waals surface area (Å²) in [6.07, 6.45) is -4.31. The summed E-state index contributed by atoms with van der Waals surface area (Å²) in [4.78, 5) is 11.0. The van der Waals surface area contributed by atoms with Crippen molar-refractivity contribution in [3.63, 3.8) is 0 Å². The van der Waals surface area contributed by atoms with Crippen molar-refractivity contribution in [2.45, 2.75) is 19.5 Å². The van der Waals surface area contributed by atoms with Crippen LogP contribution in [-0.2, 0) is 12.6 Å². The minimum atomic E-state index is -4.56. The number of aromatic carboxylic acids is 1. The highest BCUT2D eigenvalue weighted by atomic mass is 19.4. The van der Waals surface area contributed by atoms with Gasteiger partial charge in [0.2, 0.25) is 0 Å². The second kappa shape index (κ2) is 5.60. The average Bonchev–Trinajstić information content (AvgIpc) is 2.37. The highest BCUT2D eigenvalue weighted by Gasteiger charge is 2.31. The maximum absolute atomic E-state index is 12.8. The lowest BCUT2D eigenvalue weighted by molar-refractivity contribution is -0.137. The lowest BCUT2D eigenvalue weighted by Crippen LogP contribution is -2.09. The Morgan fingerprint density at radius 2 is 1.81 bits per heavy atom. The van der Waals surface area contributed by atoms with Crippen LogP contribution in [0, 0.1) is 6.92 Å². The monoisotopic (exact) mass is 294 g/mol. The van der Waals surface area contributed by atoms with Gasteiger partial charge in [0.1, 0.15) is 0 Å².